The van der Waals surface area contributed by atoms with Gasteiger partial charge >= 0.3 is 12.0 Å². The largest absolute Gasteiger partial charge is 0.478 e. The van der Waals surface area contributed by atoms with Gasteiger partial charge in [-0.05, 0) is 19.9 Å². The summed E-state index contributed by atoms with van der Waals surface area (Å²) in [4.78, 5) is 22.5. The summed E-state index contributed by atoms with van der Waals surface area (Å²) < 4.78 is 5.26. The van der Waals surface area contributed by atoms with Gasteiger partial charge < -0.3 is 20.2 Å². The number of aromatic carboxylic acids is 1. The number of aromatic amines is 1. The van der Waals surface area contributed by atoms with E-state index in [1.165, 1.54) is 6.07 Å². The minimum Gasteiger partial charge on any atom is -0.478 e. The molecule has 8 nitrogen and oxygen atoms in total. The number of carboxylic acids is 1. The number of carbonyl (C=O) groups is 2. The van der Waals surface area contributed by atoms with E-state index in [0.29, 0.717) is 18.1 Å². The van der Waals surface area contributed by atoms with Crippen molar-refractivity contribution in [2.45, 2.75) is 26.9 Å². The second-order valence-corrected chi connectivity index (χ2v) is 4.54. The first-order valence-corrected chi connectivity index (χ1v) is 6.30. The molecule has 0 atom stereocenters. The molecule has 2 aromatic heterocycles. The third-order valence-corrected chi connectivity index (χ3v) is 3.00. The minimum atomic E-state index is -1.05. The quantitative estimate of drug-likeness (QED) is 0.662. The van der Waals surface area contributed by atoms with E-state index in [1.807, 2.05) is 6.92 Å². The van der Waals surface area contributed by atoms with Crippen LogP contribution in [0.2, 0.25) is 0 Å². The molecule has 0 bridgehead atoms. The zero-order chi connectivity index (χ0) is 15.4. The highest BCUT2D eigenvalue weighted by molar-refractivity contribution is 5.88. The zero-order valence-corrected chi connectivity index (χ0v) is 11.7. The van der Waals surface area contributed by atoms with Crippen molar-refractivity contribution in [2.24, 2.45) is 0 Å². The van der Waals surface area contributed by atoms with Crippen molar-refractivity contribution in [3.05, 3.63) is 40.6 Å². The molecule has 8 heteroatoms. The molecule has 2 heterocycles. The molecule has 0 aliphatic heterocycles. The fourth-order valence-corrected chi connectivity index (χ4v) is 1.80. The van der Waals surface area contributed by atoms with E-state index in [-0.39, 0.29) is 18.1 Å². The SMILES string of the molecule is Cc1[nH]ncc1CNC(=O)NCc1cc(C(=O)O)c(C)o1. The summed E-state index contributed by atoms with van der Waals surface area (Å²) >= 11 is 0. The van der Waals surface area contributed by atoms with Crippen LogP contribution in [0, 0.1) is 13.8 Å². The van der Waals surface area contributed by atoms with Crippen molar-refractivity contribution in [2.75, 3.05) is 0 Å². The number of furan rings is 1. The lowest BCUT2D eigenvalue weighted by Crippen LogP contribution is -2.34. The first kappa shape index (κ1) is 14.6. The van der Waals surface area contributed by atoms with Gasteiger partial charge in [-0.2, -0.15) is 5.10 Å². The summed E-state index contributed by atoms with van der Waals surface area (Å²) in [6, 6.07) is 1.03. The molecule has 0 aliphatic carbocycles. The van der Waals surface area contributed by atoms with Gasteiger partial charge in [-0.1, -0.05) is 0 Å². The van der Waals surface area contributed by atoms with Gasteiger partial charge in [-0.3, -0.25) is 5.10 Å². The Kier molecular flexibility index (Phi) is 4.27. The van der Waals surface area contributed by atoms with Gasteiger partial charge in [0.05, 0.1) is 12.7 Å². The van der Waals surface area contributed by atoms with E-state index < -0.39 is 5.97 Å². The number of carboxylic acid groups (broad SMARTS) is 1. The fraction of sp³-hybridized carbons (Fsp3) is 0.308. The van der Waals surface area contributed by atoms with Crippen LogP contribution in [-0.4, -0.2) is 27.3 Å². The number of rotatable bonds is 5. The number of hydrogen-bond acceptors (Lipinski definition) is 4. The van der Waals surface area contributed by atoms with Gasteiger partial charge in [-0.25, -0.2) is 9.59 Å². The van der Waals surface area contributed by atoms with Crippen molar-refractivity contribution < 1.29 is 19.1 Å². The number of amides is 2. The summed E-state index contributed by atoms with van der Waals surface area (Å²) in [6.07, 6.45) is 1.64. The van der Waals surface area contributed by atoms with E-state index in [2.05, 4.69) is 20.8 Å². The van der Waals surface area contributed by atoms with Crippen molar-refractivity contribution >= 4 is 12.0 Å². The highest BCUT2D eigenvalue weighted by Crippen LogP contribution is 2.14. The lowest BCUT2D eigenvalue weighted by atomic mass is 10.2. The first-order valence-electron chi connectivity index (χ1n) is 6.30. The van der Waals surface area contributed by atoms with Gasteiger partial charge in [0.25, 0.3) is 0 Å². The number of aryl methyl sites for hydroxylation is 2. The van der Waals surface area contributed by atoms with Crippen molar-refractivity contribution in [3.63, 3.8) is 0 Å². The maximum absolute atomic E-state index is 11.6. The zero-order valence-electron chi connectivity index (χ0n) is 11.7. The predicted molar refractivity (Wildman–Crippen MR) is 72.8 cm³/mol. The number of urea groups is 1. The monoisotopic (exact) mass is 292 g/mol. The van der Waals surface area contributed by atoms with Crippen LogP contribution in [-0.2, 0) is 13.1 Å². The molecule has 0 aliphatic rings. The Balaban J connectivity index is 1.82. The number of aromatic nitrogens is 2. The molecule has 0 fully saturated rings. The molecule has 0 saturated heterocycles. The minimum absolute atomic E-state index is 0.0984. The molecule has 2 aromatic rings. The van der Waals surface area contributed by atoms with Crippen LogP contribution >= 0.6 is 0 Å². The van der Waals surface area contributed by atoms with Crippen LogP contribution in [0.25, 0.3) is 0 Å². The first-order chi connectivity index (χ1) is 9.97. The smallest absolute Gasteiger partial charge is 0.339 e. The van der Waals surface area contributed by atoms with Crippen molar-refractivity contribution in [3.8, 4) is 0 Å². The van der Waals surface area contributed by atoms with Gasteiger partial charge in [0, 0.05) is 17.8 Å². The molecule has 0 saturated carbocycles. The maximum Gasteiger partial charge on any atom is 0.339 e. The van der Waals surface area contributed by atoms with E-state index >= 15 is 0 Å². The van der Waals surface area contributed by atoms with Crippen molar-refractivity contribution in [1.29, 1.82) is 0 Å². The van der Waals surface area contributed by atoms with E-state index in [0.717, 1.165) is 11.3 Å². The summed E-state index contributed by atoms with van der Waals surface area (Å²) in [6.45, 7) is 3.89. The fourth-order valence-electron chi connectivity index (χ4n) is 1.80. The topological polar surface area (TPSA) is 120 Å². The molecule has 21 heavy (non-hydrogen) atoms. The Morgan fingerprint density at radius 2 is 2.05 bits per heavy atom. The number of nitrogens with zero attached hydrogens (tertiary/aromatic N) is 1. The van der Waals surface area contributed by atoms with Crippen LogP contribution in [0.3, 0.4) is 0 Å². The molecule has 4 N–H and O–H groups in total. The summed E-state index contributed by atoms with van der Waals surface area (Å²) in [5.74, 6) is -0.351. The number of hydrogen-bond donors (Lipinski definition) is 4. The summed E-state index contributed by atoms with van der Waals surface area (Å²) in [5.41, 5.74) is 1.89. The summed E-state index contributed by atoms with van der Waals surface area (Å²) in [5, 5.41) is 20.8. The second kappa shape index (κ2) is 6.12. The average molecular weight is 292 g/mol. The Morgan fingerprint density at radius 1 is 1.33 bits per heavy atom. The average Bonchev–Trinajstić information content (AvgIpc) is 3.00. The molecular formula is C13H16N4O4. The van der Waals surface area contributed by atoms with Gasteiger partial charge in [-0.15, -0.1) is 0 Å². The Labute approximate surface area is 120 Å². The van der Waals surface area contributed by atoms with E-state index in [4.69, 9.17) is 9.52 Å². The lowest BCUT2D eigenvalue weighted by molar-refractivity contribution is 0.0695. The second-order valence-electron chi connectivity index (χ2n) is 4.54. The van der Waals surface area contributed by atoms with Crippen LogP contribution in [0.5, 0.6) is 0 Å². The number of H-pyrrole nitrogens is 1. The molecular weight excluding hydrogens is 276 g/mol. The highest BCUT2D eigenvalue weighted by atomic mass is 16.4. The highest BCUT2D eigenvalue weighted by Gasteiger charge is 2.14. The summed E-state index contributed by atoms with van der Waals surface area (Å²) in [7, 11) is 0. The Bertz CT molecular complexity index is 659. The molecule has 112 valence electrons. The van der Waals surface area contributed by atoms with Crippen molar-refractivity contribution in [1.82, 2.24) is 20.8 Å². The van der Waals surface area contributed by atoms with Crippen LogP contribution < -0.4 is 10.6 Å². The van der Waals surface area contributed by atoms with Gasteiger partial charge in [0.2, 0.25) is 0 Å². The molecule has 0 unspecified atom stereocenters. The molecule has 0 aromatic carbocycles. The molecule has 2 rings (SSSR count). The van der Waals surface area contributed by atoms with E-state index in [9.17, 15) is 9.59 Å². The Hall–Kier alpha value is -2.77. The standard InChI is InChI=1S/C13H16N4O4/c1-7-9(5-16-17-7)4-14-13(20)15-6-10-3-11(12(18)19)8(2)21-10/h3,5H,4,6H2,1-2H3,(H,16,17)(H,18,19)(H2,14,15,20). The van der Waals surface area contributed by atoms with Gasteiger partial charge in [0.1, 0.15) is 17.1 Å². The third kappa shape index (κ3) is 3.62. The number of carbonyl (C=O) groups excluding carboxylic acids is 1. The van der Waals surface area contributed by atoms with Crippen LogP contribution in [0.4, 0.5) is 4.79 Å². The van der Waals surface area contributed by atoms with Crippen LogP contribution in [0.1, 0.15) is 33.1 Å². The molecule has 0 spiro atoms. The molecule has 2 amide bonds. The van der Waals surface area contributed by atoms with Gasteiger partial charge in [0.15, 0.2) is 0 Å². The molecule has 0 radical (unpaired) electrons. The third-order valence-electron chi connectivity index (χ3n) is 3.00. The predicted octanol–water partition coefficient (Wildman–Crippen LogP) is 1.32. The normalized spacial score (nSPS) is 10.4. The maximum atomic E-state index is 11.6. The lowest BCUT2D eigenvalue weighted by Gasteiger charge is -2.05. The Morgan fingerprint density at radius 3 is 2.62 bits per heavy atom. The number of nitrogens with one attached hydrogen (secondary N) is 3. The van der Waals surface area contributed by atoms with E-state index in [1.54, 1.807) is 13.1 Å². The van der Waals surface area contributed by atoms with Crippen LogP contribution in [0.15, 0.2) is 16.7 Å².